The summed E-state index contributed by atoms with van der Waals surface area (Å²) >= 11 is 0. The van der Waals surface area contributed by atoms with Gasteiger partial charge in [0.25, 0.3) is 0 Å². The average molecular weight is 194 g/mol. The lowest BCUT2D eigenvalue weighted by Crippen LogP contribution is -2.43. The molecule has 0 aromatic carbocycles. The van der Waals surface area contributed by atoms with Crippen LogP contribution in [0.1, 0.15) is 32.3 Å². The van der Waals surface area contributed by atoms with Crippen molar-refractivity contribution in [2.45, 2.75) is 37.6 Å². The third kappa shape index (κ3) is 1.23. The highest BCUT2D eigenvalue weighted by molar-refractivity contribution is 5.31. The zero-order chi connectivity index (χ0) is 10.4. The summed E-state index contributed by atoms with van der Waals surface area (Å²) in [5, 5.41) is 0. The van der Waals surface area contributed by atoms with Crippen molar-refractivity contribution in [1.82, 2.24) is 4.98 Å². The molecule has 76 valence electrons. The molecule has 0 amide bonds. The van der Waals surface area contributed by atoms with E-state index in [0.717, 1.165) is 12.8 Å². The van der Waals surface area contributed by atoms with Crippen LogP contribution >= 0.6 is 0 Å². The van der Waals surface area contributed by atoms with Gasteiger partial charge in [-0.1, -0.05) is 13.8 Å². The van der Waals surface area contributed by atoms with E-state index < -0.39 is 0 Å². The number of pyridine rings is 1. The van der Waals surface area contributed by atoms with Crippen molar-refractivity contribution >= 4 is 0 Å². The molecular weight excluding hydrogens is 179 g/mol. The van der Waals surface area contributed by atoms with E-state index >= 15 is 0 Å². The van der Waals surface area contributed by atoms with E-state index in [1.807, 2.05) is 13.8 Å². The molecule has 14 heavy (non-hydrogen) atoms. The van der Waals surface area contributed by atoms with Gasteiger partial charge in [0.15, 0.2) is 0 Å². The number of aromatic nitrogens is 1. The van der Waals surface area contributed by atoms with Crippen LogP contribution in [-0.4, -0.2) is 10.5 Å². The van der Waals surface area contributed by atoms with Crippen molar-refractivity contribution in [2.75, 3.05) is 0 Å². The Kier molecular flexibility index (Phi) is 1.89. The van der Waals surface area contributed by atoms with Gasteiger partial charge in [0.05, 0.1) is 6.20 Å². The second-order valence-corrected chi connectivity index (χ2v) is 4.64. The van der Waals surface area contributed by atoms with Gasteiger partial charge in [0.2, 0.25) is 0 Å². The summed E-state index contributed by atoms with van der Waals surface area (Å²) in [5.41, 5.74) is 6.28. The summed E-state index contributed by atoms with van der Waals surface area (Å²) in [4.78, 5) is 3.75. The van der Waals surface area contributed by atoms with Gasteiger partial charge in [-0.2, -0.15) is 0 Å². The van der Waals surface area contributed by atoms with Gasteiger partial charge in [0.1, 0.15) is 5.82 Å². The Hall–Kier alpha value is -0.960. The molecule has 0 spiro atoms. The van der Waals surface area contributed by atoms with Gasteiger partial charge in [-0.15, -0.1) is 0 Å². The lowest BCUT2D eigenvalue weighted by atomic mass is 9.76. The molecule has 1 aliphatic carbocycles. The van der Waals surface area contributed by atoms with Gasteiger partial charge in [-0.3, -0.25) is 4.98 Å². The molecule has 1 fully saturated rings. The van der Waals surface area contributed by atoms with Crippen LogP contribution in [0.2, 0.25) is 0 Å². The summed E-state index contributed by atoms with van der Waals surface area (Å²) in [7, 11) is 0. The molecule has 1 aliphatic rings. The highest BCUT2D eigenvalue weighted by Crippen LogP contribution is 2.49. The van der Waals surface area contributed by atoms with E-state index in [2.05, 4.69) is 4.98 Å². The van der Waals surface area contributed by atoms with Gasteiger partial charge in [-0.25, -0.2) is 4.39 Å². The first-order valence-corrected chi connectivity index (χ1v) is 4.86. The summed E-state index contributed by atoms with van der Waals surface area (Å²) < 4.78 is 13.5. The molecule has 0 bridgehead atoms. The lowest BCUT2D eigenvalue weighted by Gasteiger charge is -2.32. The minimum Gasteiger partial charge on any atom is -0.324 e. The zero-order valence-corrected chi connectivity index (χ0v) is 8.55. The fourth-order valence-electron chi connectivity index (χ4n) is 1.91. The molecule has 0 radical (unpaired) electrons. The van der Waals surface area contributed by atoms with Crippen LogP contribution in [0.25, 0.3) is 0 Å². The molecule has 1 heterocycles. The van der Waals surface area contributed by atoms with Crippen molar-refractivity contribution < 1.29 is 4.39 Å². The third-order valence-electron chi connectivity index (χ3n) is 3.48. The summed E-state index contributed by atoms with van der Waals surface area (Å²) in [6.45, 7) is 4.00. The van der Waals surface area contributed by atoms with E-state index in [0.29, 0.717) is 5.56 Å². The van der Waals surface area contributed by atoms with Crippen molar-refractivity contribution in [3.63, 3.8) is 0 Å². The number of hydrogen-bond donors (Lipinski definition) is 1. The van der Waals surface area contributed by atoms with Crippen LogP contribution in [0.15, 0.2) is 18.5 Å². The Morgan fingerprint density at radius 1 is 1.50 bits per heavy atom. The summed E-state index contributed by atoms with van der Waals surface area (Å²) in [6, 6.07) is 1.72. The normalized spacial score (nSPS) is 19.4. The third-order valence-corrected chi connectivity index (χ3v) is 3.48. The Morgan fingerprint density at radius 3 is 2.64 bits per heavy atom. The molecule has 0 saturated heterocycles. The molecule has 1 saturated carbocycles. The predicted octanol–water partition coefficient (Wildman–Crippen LogP) is 1.99. The number of hydrogen-bond acceptors (Lipinski definition) is 2. The molecular formula is C11H15FN2. The first-order valence-electron chi connectivity index (χ1n) is 4.86. The molecule has 0 atom stereocenters. The van der Waals surface area contributed by atoms with Crippen molar-refractivity contribution in [3.8, 4) is 0 Å². The molecule has 0 unspecified atom stereocenters. The quantitative estimate of drug-likeness (QED) is 0.782. The number of nitrogens with two attached hydrogens (primary N) is 1. The summed E-state index contributed by atoms with van der Waals surface area (Å²) in [6.07, 6.45) is 4.82. The fourth-order valence-corrected chi connectivity index (χ4v) is 1.91. The smallest absolute Gasteiger partial charge is 0.145 e. The molecule has 2 nitrogen and oxygen atoms in total. The molecule has 0 aliphatic heterocycles. The van der Waals surface area contributed by atoms with Gasteiger partial charge in [-0.05, 0) is 24.5 Å². The van der Waals surface area contributed by atoms with Gasteiger partial charge >= 0.3 is 0 Å². The van der Waals surface area contributed by atoms with E-state index in [1.54, 1.807) is 12.3 Å². The first kappa shape index (κ1) is 9.59. The standard InChI is InChI=1S/C11H15FN2/c1-10(2,11(13)4-5-11)8-3-6-14-7-9(8)12/h3,6-7H,4-5,13H2,1-2H3. The maximum atomic E-state index is 13.5. The van der Waals surface area contributed by atoms with E-state index in [1.165, 1.54) is 6.20 Å². The fraction of sp³-hybridized carbons (Fsp3) is 0.545. The largest absolute Gasteiger partial charge is 0.324 e. The van der Waals surface area contributed by atoms with Crippen LogP contribution in [0.3, 0.4) is 0 Å². The van der Waals surface area contributed by atoms with Crippen LogP contribution in [0.4, 0.5) is 4.39 Å². The molecule has 3 heteroatoms. The van der Waals surface area contributed by atoms with Crippen LogP contribution in [0, 0.1) is 5.82 Å². The van der Waals surface area contributed by atoms with E-state index in [9.17, 15) is 4.39 Å². The SMILES string of the molecule is CC(C)(c1ccncc1F)C1(N)CC1. The van der Waals surface area contributed by atoms with Gasteiger partial charge < -0.3 is 5.73 Å². The maximum Gasteiger partial charge on any atom is 0.145 e. The Bertz CT molecular complexity index is 356. The van der Waals surface area contributed by atoms with E-state index in [-0.39, 0.29) is 16.8 Å². The second-order valence-electron chi connectivity index (χ2n) is 4.64. The van der Waals surface area contributed by atoms with Crippen molar-refractivity contribution in [2.24, 2.45) is 5.73 Å². The predicted molar refractivity (Wildman–Crippen MR) is 53.4 cm³/mol. The summed E-state index contributed by atoms with van der Waals surface area (Å²) in [5.74, 6) is -0.255. The molecule has 1 aromatic rings. The first-order chi connectivity index (χ1) is 6.47. The average Bonchev–Trinajstić information content (AvgIpc) is 2.86. The zero-order valence-electron chi connectivity index (χ0n) is 8.55. The highest BCUT2D eigenvalue weighted by Gasteiger charge is 2.52. The molecule has 1 aromatic heterocycles. The van der Waals surface area contributed by atoms with Crippen LogP contribution < -0.4 is 5.73 Å². The van der Waals surface area contributed by atoms with Crippen LogP contribution in [-0.2, 0) is 5.41 Å². The molecule has 2 rings (SSSR count). The minimum atomic E-state index is -0.306. The highest BCUT2D eigenvalue weighted by atomic mass is 19.1. The van der Waals surface area contributed by atoms with Crippen LogP contribution in [0.5, 0.6) is 0 Å². The van der Waals surface area contributed by atoms with Crippen molar-refractivity contribution in [1.29, 1.82) is 0 Å². The van der Waals surface area contributed by atoms with Crippen molar-refractivity contribution in [3.05, 3.63) is 29.8 Å². The maximum absolute atomic E-state index is 13.5. The minimum absolute atomic E-state index is 0.227. The topological polar surface area (TPSA) is 38.9 Å². The lowest BCUT2D eigenvalue weighted by molar-refractivity contribution is 0.373. The Labute approximate surface area is 83.3 Å². The van der Waals surface area contributed by atoms with Gasteiger partial charge in [0, 0.05) is 17.2 Å². The molecule has 2 N–H and O–H groups in total. The number of rotatable bonds is 2. The number of nitrogens with zero attached hydrogens (tertiary/aromatic N) is 1. The monoisotopic (exact) mass is 194 g/mol. The van der Waals surface area contributed by atoms with E-state index in [4.69, 9.17) is 5.73 Å². The Balaban J connectivity index is 2.44. The second kappa shape index (κ2) is 2.76. The number of halogens is 1. The Morgan fingerprint density at radius 2 is 2.14 bits per heavy atom.